The minimum absolute atomic E-state index is 0.113. The summed E-state index contributed by atoms with van der Waals surface area (Å²) < 4.78 is -0.606. The van der Waals surface area contributed by atoms with Crippen LogP contribution in [0.2, 0.25) is 5.02 Å². The first-order chi connectivity index (χ1) is 5.61. The zero-order valence-electron chi connectivity index (χ0n) is 5.73. The molecule has 1 N–H and O–H groups in total. The lowest BCUT2D eigenvalue weighted by Gasteiger charge is -1.97. The Morgan fingerprint density at radius 3 is 2.83 bits per heavy atom. The van der Waals surface area contributed by atoms with Crippen molar-refractivity contribution in [2.45, 2.75) is 4.90 Å². The zero-order valence-corrected chi connectivity index (χ0v) is 7.30. The zero-order chi connectivity index (χ0) is 9.14. The van der Waals surface area contributed by atoms with Gasteiger partial charge in [0, 0.05) is 0 Å². The van der Waals surface area contributed by atoms with Crippen molar-refractivity contribution in [3.8, 4) is 5.75 Å². The molecule has 0 fully saturated rings. The summed E-state index contributed by atoms with van der Waals surface area (Å²) in [5.41, 5.74) is 0. The minimum atomic E-state index is -0.606. The Morgan fingerprint density at radius 2 is 2.25 bits per heavy atom. The van der Waals surface area contributed by atoms with Crippen LogP contribution in [0, 0.1) is 10.1 Å². The van der Waals surface area contributed by atoms with E-state index < -0.39 is 4.33 Å². The summed E-state index contributed by atoms with van der Waals surface area (Å²) in [5, 5.41) is 19.3. The Bertz CT molecular complexity index is 318. The fourth-order valence-corrected chi connectivity index (χ4v) is 1.38. The highest BCUT2D eigenvalue weighted by molar-refractivity contribution is 7.93. The summed E-state index contributed by atoms with van der Waals surface area (Å²) >= 11 is 5.84. The van der Waals surface area contributed by atoms with Crippen LogP contribution in [0.15, 0.2) is 23.1 Å². The van der Waals surface area contributed by atoms with Gasteiger partial charge in [0.05, 0.1) is 5.02 Å². The summed E-state index contributed by atoms with van der Waals surface area (Å²) in [6.07, 6.45) is 0. The Hall–Kier alpha value is -0.940. The lowest BCUT2D eigenvalue weighted by atomic mass is 10.3. The van der Waals surface area contributed by atoms with Crippen LogP contribution < -0.4 is 0 Å². The van der Waals surface area contributed by atoms with Crippen molar-refractivity contribution in [3.05, 3.63) is 33.3 Å². The van der Waals surface area contributed by atoms with Crippen LogP contribution >= 0.6 is 23.5 Å². The van der Waals surface area contributed by atoms with E-state index in [0.717, 1.165) is 0 Å². The van der Waals surface area contributed by atoms with Crippen LogP contribution in [0.25, 0.3) is 0 Å². The van der Waals surface area contributed by atoms with Gasteiger partial charge in [-0.2, -0.15) is 0 Å². The van der Waals surface area contributed by atoms with Crippen molar-refractivity contribution in [1.29, 1.82) is 0 Å². The molecule has 0 spiro atoms. The van der Waals surface area contributed by atoms with E-state index in [2.05, 4.69) is 0 Å². The molecule has 6 heteroatoms. The molecule has 1 aromatic carbocycles. The van der Waals surface area contributed by atoms with Gasteiger partial charge in [-0.05, 0) is 12.1 Å². The van der Waals surface area contributed by atoms with Crippen LogP contribution in [0.4, 0.5) is 0 Å². The van der Waals surface area contributed by atoms with Crippen molar-refractivity contribution in [2.75, 3.05) is 0 Å². The normalized spacial score (nSPS) is 9.75. The number of phenols is 1. The van der Waals surface area contributed by atoms with Gasteiger partial charge in [0.25, 0.3) is 11.9 Å². The molecule has 0 amide bonds. The highest BCUT2D eigenvalue weighted by Gasteiger charge is 2.12. The fraction of sp³-hybridized carbons (Fsp3) is 0. The SMILES string of the molecule is O=[N+]([O-])Sc1cccc(Cl)c1O. The number of aromatic hydroxyl groups is 1. The third-order valence-electron chi connectivity index (χ3n) is 1.12. The summed E-state index contributed by atoms with van der Waals surface area (Å²) in [6, 6.07) is 4.42. The van der Waals surface area contributed by atoms with Crippen molar-refractivity contribution in [1.82, 2.24) is 0 Å². The van der Waals surface area contributed by atoms with Gasteiger partial charge in [-0.1, -0.05) is 17.7 Å². The van der Waals surface area contributed by atoms with Gasteiger partial charge in [-0.3, -0.25) is 10.1 Å². The monoisotopic (exact) mass is 205 g/mol. The van der Waals surface area contributed by atoms with Crippen LogP contribution in [-0.2, 0) is 0 Å². The summed E-state index contributed by atoms with van der Waals surface area (Å²) in [5.74, 6) is -0.249. The van der Waals surface area contributed by atoms with E-state index in [1.165, 1.54) is 18.2 Å². The fourth-order valence-electron chi connectivity index (χ4n) is 0.650. The first-order valence-electron chi connectivity index (χ1n) is 2.91. The predicted octanol–water partition coefficient (Wildman–Crippen LogP) is 2.33. The van der Waals surface area contributed by atoms with Gasteiger partial charge >= 0.3 is 0 Å². The molecule has 0 unspecified atom stereocenters. The van der Waals surface area contributed by atoms with Gasteiger partial charge in [0.2, 0.25) is 0 Å². The first kappa shape index (κ1) is 9.15. The molecule has 1 rings (SSSR count). The number of para-hydroxylation sites is 1. The molecule has 0 radical (unpaired) electrons. The lowest BCUT2D eigenvalue weighted by molar-refractivity contribution is -0.284. The topological polar surface area (TPSA) is 63.4 Å². The predicted molar refractivity (Wildman–Crippen MR) is 46.0 cm³/mol. The van der Waals surface area contributed by atoms with Crippen LogP contribution in [0.3, 0.4) is 0 Å². The smallest absolute Gasteiger partial charge is 0.269 e. The number of halogens is 1. The summed E-state index contributed by atoms with van der Waals surface area (Å²) in [6.45, 7) is 0. The highest BCUT2D eigenvalue weighted by atomic mass is 35.5. The van der Waals surface area contributed by atoms with Gasteiger partial charge in [0.15, 0.2) is 5.75 Å². The molecule has 0 bridgehead atoms. The number of hydrogen-bond donors (Lipinski definition) is 1. The molecule has 4 nitrogen and oxygen atoms in total. The maximum atomic E-state index is 10.0. The van der Waals surface area contributed by atoms with Crippen molar-refractivity contribution < 1.29 is 9.44 Å². The lowest BCUT2D eigenvalue weighted by Crippen LogP contribution is -1.83. The molecular weight excluding hydrogens is 202 g/mol. The number of rotatable bonds is 2. The quantitative estimate of drug-likeness (QED) is 0.457. The Kier molecular flexibility index (Phi) is 2.78. The number of benzene rings is 1. The standard InChI is InChI=1S/C6H4ClNO3S/c7-4-2-1-3-5(6(4)9)12-8(10)11/h1-3,9H. The molecule has 0 atom stereocenters. The number of phenolic OH excluding ortho intramolecular Hbond substituents is 1. The van der Waals surface area contributed by atoms with Gasteiger partial charge in [0.1, 0.15) is 9.22 Å². The molecule has 0 aliphatic rings. The van der Waals surface area contributed by atoms with Crippen molar-refractivity contribution >= 4 is 23.5 Å². The molecular formula is C6H4ClNO3S. The maximum absolute atomic E-state index is 10.0. The largest absolute Gasteiger partial charge is 0.505 e. The third kappa shape index (κ3) is 2.02. The average Bonchev–Trinajstić information content (AvgIpc) is 1.98. The molecule has 12 heavy (non-hydrogen) atoms. The Labute approximate surface area is 77.4 Å². The van der Waals surface area contributed by atoms with Crippen molar-refractivity contribution in [2.24, 2.45) is 0 Å². The second-order valence-corrected chi connectivity index (χ2v) is 3.23. The maximum Gasteiger partial charge on any atom is 0.269 e. The highest BCUT2D eigenvalue weighted by Crippen LogP contribution is 2.34. The van der Waals surface area contributed by atoms with E-state index in [4.69, 9.17) is 11.6 Å². The van der Waals surface area contributed by atoms with E-state index in [1.54, 1.807) is 0 Å². The van der Waals surface area contributed by atoms with Gasteiger partial charge in [-0.15, -0.1) is 0 Å². The van der Waals surface area contributed by atoms with Gasteiger partial charge < -0.3 is 5.11 Å². The molecule has 0 saturated carbocycles. The van der Waals surface area contributed by atoms with Crippen LogP contribution in [0.5, 0.6) is 5.75 Å². The van der Waals surface area contributed by atoms with E-state index in [-0.39, 0.29) is 15.7 Å². The molecule has 0 heterocycles. The summed E-state index contributed by atoms with van der Waals surface area (Å²) in [7, 11) is 0. The summed E-state index contributed by atoms with van der Waals surface area (Å²) in [4.78, 5) is 10.2. The van der Waals surface area contributed by atoms with E-state index in [0.29, 0.717) is 11.9 Å². The van der Waals surface area contributed by atoms with Crippen LogP contribution in [-0.4, -0.2) is 9.44 Å². The molecule has 64 valence electrons. The molecule has 0 aromatic heterocycles. The molecule has 0 aliphatic heterocycles. The van der Waals surface area contributed by atoms with E-state index >= 15 is 0 Å². The molecule has 0 aliphatic carbocycles. The van der Waals surface area contributed by atoms with E-state index in [1.807, 2.05) is 0 Å². The first-order valence-corrected chi connectivity index (χ1v) is 4.06. The number of hydrogen-bond acceptors (Lipinski definition) is 4. The Morgan fingerprint density at radius 1 is 1.58 bits per heavy atom. The molecule has 0 saturated heterocycles. The van der Waals surface area contributed by atoms with E-state index in [9.17, 15) is 15.2 Å². The molecule has 1 aromatic rings. The minimum Gasteiger partial charge on any atom is -0.505 e. The third-order valence-corrected chi connectivity index (χ3v) is 2.10. The average molecular weight is 206 g/mol. The number of nitro groups is 1. The Balaban J connectivity index is 3.00. The van der Waals surface area contributed by atoms with Crippen molar-refractivity contribution in [3.63, 3.8) is 0 Å². The van der Waals surface area contributed by atoms with Crippen LogP contribution in [0.1, 0.15) is 0 Å². The van der Waals surface area contributed by atoms with Gasteiger partial charge in [-0.25, -0.2) is 0 Å². The second-order valence-electron chi connectivity index (χ2n) is 1.90. The second kappa shape index (κ2) is 3.64. The number of nitrogens with zero attached hydrogens (tertiary/aromatic N) is 1.